The molecule has 1 aliphatic heterocycles. The van der Waals surface area contributed by atoms with Crippen molar-refractivity contribution in [1.82, 2.24) is 14.2 Å². The second kappa shape index (κ2) is 14.6. The second-order valence-corrected chi connectivity index (χ2v) is 12.7. The molecule has 0 saturated carbocycles. The molecular formula is C23H38N4O9P2. The summed E-state index contributed by atoms with van der Waals surface area (Å²) in [6.07, 6.45) is 2.19. The predicted molar refractivity (Wildman–Crippen MR) is 142 cm³/mol. The zero-order valence-corrected chi connectivity index (χ0v) is 24.4. The number of nitrogens with zero attached hydrogens (tertiary/aromatic N) is 3. The van der Waals surface area contributed by atoms with Crippen molar-refractivity contribution in [2.24, 2.45) is 0 Å². The van der Waals surface area contributed by atoms with Gasteiger partial charge in [-0.05, 0) is 33.8 Å². The van der Waals surface area contributed by atoms with Gasteiger partial charge in [-0.1, -0.05) is 0 Å². The molecule has 1 unspecified atom stereocenters. The van der Waals surface area contributed by atoms with Crippen molar-refractivity contribution in [3.05, 3.63) is 45.0 Å². The largest absolute Gasteiger partial charge is 0.393 e. The third-order valence-electron chi connectivity index (χ3n) is 6.00. The van der Waals surface area contributed by atoms with Crippen LogP contribution in [0.5, 0.6) is 0 Å². The highest BCUT2D eigenvalue weighted by Gasteiger charge is 2.47. The fourth-order valence-corrected chi connectivity index (χ4v) is 6.69. The summed E-state index contributed by atoms with van der Waals surface area (Å²) >= 11 is 0. The second-order valence-electron chi connectivity index (χ2n) is 9.19. The number of rotatable bonds is 14. The summed E-state index contributed by atoms with van der Waals surface area (Å²) in [4.78, 5) is 26.3. The minimum absolute atomic E-state index is 0.00610. The van der Waals surface area contributed by atoms with Crippen LogP contribution >= 0.6 is 16.1 Å². The Morgan fingerprint density at radius 1 is 1.34 bits per heavy atom. The molecule has 15 heteroatoms. The van der Waals surface area contributed by atoms with Gasteiger partial charge >= 0.3 is 13.3 Å². The van der Waals surface area contributed by atoms with Gasteiger partial charge in [0.2, 0.25) is 0 Å². The van der Waals surface area contributed by atoms with Crippen LogP contribution in [0.1, 0.15) is 46.6 Å². The first kappa shape index (κ1) is 32.5. The number of aromatic amines is 1. The number of ether oxygens (including phenoxy) is 1. The molecule has 0 radical (unpaired) electrons. The molecular weight excluding hydrogens is 538 g/mol. The van der Waals surface area contributed by atoms with E-state index in [4.69, 9.17) is 28.1 Å². The Labute approximate surface area is 223 Å². The fraction of sp³-hybridized carbons (Fsp3) is 0.696. The van der Waals surface area contributed by atoms with Crippen LogP contribution in [0.2, 0.25) is 0 Å². The summed E-state index contributed by atoms with van der Waals surface area (Å²) in [5.41, 5.74) is -2.63. The summed E-state index contributed by atoms with van der Waals surface area (Å²) in [6.45, 7) is 7.49. The molecule has 1 aromatic heterocycles. The van der Waals surface area contributed by atoms with Crippen molar-refractivity contribution in [1.29, 1.82) is 5.26 Å². The number of aromatic nitrogens is 2. The zero-order valence-electron chi connectivity index (χ0n) is 22.6. The molecule has 2 heterocycles. The molecule has 1 saturated heterocycles. The number of hydrogen-bond acceptors (Lipinski definition) is 11. The lowest BCUT2D eigenvalue weighted by Crippen LogP contribution is -2.54. The first-order valence-corrected chi connectivity index (χ1v) is 14.9. The lowest BCUT2D eigenvalue weighted by Gasteiger charge is -2.46. The maximum atomic E-state index is 12.8. The highest BCUT2D eigenvalue weighted by atomic mass is 31.2. The average Bonchev–Trinajstić information content (AvgIpc) is 2.87. The number of aliphatic hydroxyl groups is 1. The van der Waals surface area contributed by atoms with Crippen LogP contribution in [0.4, 0.5) is 0 Å². The maximum Gasteiger partial charge on any atom is 0.353 e. The van der Waals surface area contributed by atoms with E-state index in [1.165, 1.54) is 42.9 Å². The Balaban J connectivity index is 2.56. The van der Waals surface area contributed by atoms with Gasteiger partial charge < -0.3 is 27.9 Å². The minimum Gasteiger partial charge on any atom is -0.393 e. The van der Waals surface area contributed by atoms with E-state index in [2.05, 4.69) is 11.1 Å². The molecule has 0 spiro atoms. The summed E-state index contributed by atoms with van der Waals surface area (Å²) in [7, 11) is -2.91. The van der Waals surface area contributed by atoms with Crippen LogP contribution in [-0.4, -0.2) is 77.2 Å². The zero-order chi connectivity index (χ0) is 28.5. The fourth-order valence-electron chi connectivity index (χ4n) is 4.07. The van der Waals surface area contributed by atoms with E-state index in [0.717, 1.165) is 0 Å². The molecule has 214 valence electrons. The van der Waals surface area contributed by atoms with Gasteiger partial charge in [-0.3, -0.25) is 18.9 Å². The van der Waals surface area contributed by atoms with Gasteiger partial charge in [-0.15, -0.1) is 0 Å². The van der Waals surface area contributed by atoms with Crippen molar-refractivity contribution in [2.75, 3.05) is 34.0 Å². The summed E-state index contributed by atoms with van der Waals surface area (Å²) < 4.78 is 44.8. The van der Waals surface area contributed by atoms with Gasteiger partial charge in [0, 0.05) is 50.8 Å². The van der Waals surface area contributed by atoms with Gasteiger partial charge in [-0.25, -0.2) is 9.46 Å². The Morgan fingerprint density at radius 2 is 2.00 bits per heavy atom. The first-order chi connectivity index (χ1) is 18.0. The van der Waals surface area contributed by atoms with E-state index >= 15 is 0 Å². The molecule has 0 amide bonds. The molecule has 13 nitrogen and oxygen atoms in total. The van der Waals surface area contributed by atoms with Gasteiger partial charge in [0.1, 0.15) is 11.7 Å². The predicted octanol–water partition coefficient (Wildman–Crippen LogP) is 2.89. The van der Waals surface area contributed by atoms with Crippen LogP contribution < -0.4 is 11.2 Å². The monoisotopic (exact) mass is 576 g/mol. The Morgan fingerprint density at radius 3 is 2.53 bits per heavy atom. The molecule has 1 fully saturated rings. The molecule has 0 aromatic carbocycles. The van der Waals surface area contributed by atoms with Gasteiger partial charge in [-0.2, -0.15) is 5.26 Å². The van der Waals surface area contributed by atoms with E-state index in [1.54, 1.807) is 0 Å². The van der Waals surface area contributed by atoms with Crippen molar-refractivity contribution in [3.63, 3.8) is 0 Å². The Kier molecular flexibility index (Phi) is 12.5. The number of hydrogen-bond donors (Lipinski definition) is 2. The number of nitrogens with one attached hydrogen (secondary N) is 1. The van der Waals surface area contributed by atoms with Gasteiger partial charge in [0.05, 0.1) is 38.4 Å². The molecule has 0 bridgehead atoms. The molecule has 2 N–H and O–H groups in total. The van der Waals surface area contributed by atoms with Crippen molar-refractivity contribution >= 4 is 16.1 Å². The van der Waals surface area contributed by atoms with E-state index < -0.39 is 51.7 Å². The van der Waals surface area contributed by atoms with Crippen LogP contribution in [0, 0.1) is 11.3 Å². The Bertz CT molecular complexity index is 1120. The standard InChI is InChI=1S/C23H38N4O9P2/c1-17(2)27(18(3)4)37(35-12-7-10-24)36-20-14-19(26-11-8-21(29)25-22(26)30)15-34-23(20,16-28)9-13-38(31,32-5)33-6/h8-9,11,13,17-20,28H,7,12,14-16H2,1-6H3,(H,25,29,30)/b13-9+/t19-,20-,23-,37?/m0/s1. The van der Waals surface area contributed by atoms with Gasteiger partial charge in [0.15, 0.2) is 0 Å². The quantitative estimate of drug-likeness (QED) is 0.247. The van der Waals surface area contributed by atoms with E-state index in [9.17, 15) is 19.3 Å². The third-order valence-corrected chi connectivity index (χ3v) is 9.67. The van der Waals surface area contributed by atoms with Crippen LogP contribution in [0.3, 0.4) is 0 Å². The molecule has 0 aliphatic carbocycles. The van der Waals surface area contributed by atoms with E-state index in [1.807, 2.05) is 32.4 Å². The van der Waals surface area contributed by atoms with E-state index in [-0.39, 0.29) is 38.1 Å². The SMILES string of the molecule is COP(=O)(/C=C/[C@@]1(CO)OC[C@@H](n2ccc(=O)[nH]c2=O)C[C@@H]1OP(OCCC#N)N(C(C)C)C(C)C)OC. The molecule has 1 aromatic rings. The molecule has 1 aliphatic rings. The van der Waals surface area contributed by atoms with Gasteiger partial charge in [0.25, 0.3) is 14.1 Å². The van der Waals surface area contributed by atoms with Crippen LogP contribution in [-0.2, 0) is 27.4 Å². The van der Waals surface area contributed by atoms with E-state index in [0.29, 0.717) is 0 Å². The van der Waals surface area contributed by atoms with Crippen molar-refractivity contribution in [2.45, 2.75) is 70.4 Å². The van der Waals surface area contributed by atoms with Crippen molar-refractivity contribution in [3.8, 4) is 6.07 Å². The number of H-pyrrole nitrogens is 1. The highest BCUT2D eigenvalue weighted by Crippen LogP contribution is 2.52. The van der Waals surface area contributed by atoms with Crippen LogP contribution in [0.25, 0.3) is 0 Å². The highest BCUT2D eigenvalue weighted by molar-refractivity contribution is 7.57. The molecule has 38 heavy (non-hydrogen) atoms. The lowest BCUT2D eigenvalue weighted by atomic mass is 9.89. The maximum absolute atomic E-state index is 12.8. The number of aliphatic hydroxyl groups excluding tert-OH is 1. The third kappa shape index (κ3) is 8.15. The molecule has 2 rings (SSSR count). The first-order valence-electron chi connectivity index (χ1n) is 12.2. The smallest absolute Gasteiger partial charge is 0.353 e. The normalized spacial score (nSPS) is 23.4. The number of nitriles is 1. The average molecular weight is 577 g/mol. The minimum atomic E-state index is -3.62. The topological polar surface area (TPSA) is 165 Å². The Hall–Kier alpha value is -1.71. The summed E-state index contributed by atoms with van der Waals surface area (Å²) in [5.74, 6) is 1.20. The summed E-state index contributed by atoms with van der Waals surface area (Å²) in [5, 5.41) is 19.6. The summed E-state index contributed by atoms with van der Waals surface area (Å²) in [6, 6.07) is 2.74. The molecule has 4 atom stereocenters. The van der Waals surface area contributed by atoms with Crippen molar-refractivity contribution < 1.29 is 32.5 Å². The lowest BCUT2D eigenvalue weighted by molar-refractivity contribution is -0.154. The van der Waals surface area contributed by atoms with Crippen LogP contribution in [0.15, 0.2) is 33.7 Å².